The van der Waals surface area contributed by atoms with E-state index in [0.29, 0.717) is 17.9 Å². The maximum Gasteiger partial charge on any atom is 0.126 e. The highest BCUT2D eigenvalue weighted by Gasteiger charge is 2.33. The lowest BCUT2D eigenvalue weighted by Crippen LogP contribution is -2.45. The molecule has 0 amide bonds. The van der Waals surface area contributed by atoms with Crippen molar-refractivity contribution in [2.45, 2.75) is 38.3 Å². The average Bonchev–Trinajstić information content (AvgIpc) is 2.86. The second-order valence-corrected chi connectivity index (χ2v) is 4.84. The third-order valence-corrected chi connectivity index (χ3v) is 3.79. The summed E-state index contributed by atoms with van der Waals surface area (Å²) < 4.78 is 19.3. The summed E-state index contributed by atoms with van der Waals surface area (Å²) in [6.07, 6.45) is 2.80. The molecule has 0 aromatic heterocycles. The molecule has 18 heavy (non-hydrogen) atoms. The Morgan fingerprint density at radius 2 is 2.28 bits per heavy atom. The Bertz CT molecular complexity index is 386. The molecule has 0 saturated carbocycles. The Morgan fingerprint density at radius 1 is 1.50 bits per heavy atom. The molecule has 1 aromatic carbocycles. The third-order valence-electron chi connectivity index (χ3n) is 3.79. The van der Waals surface area contributed by atoms with Crippen LogP contribution in [0.2, 0.25) is 0 Å². The van der Waals surface area contributed by atoms with Gasteiger partial charge in [0.15, 0.2) is 0 Å². The van der Waals surface area contributed by atoms with Crippen molar-refractivity contribution in [3.05, 3.63) is 35.6 Å². The van der Waals surface area contributed by atoms with E-state index in [0.717, 1.165) is 19.4 Å². The summed E-state index contributed by atoms with van der Waals surface area (Å²) in [7, 11) is 0. The van der Waals surface area contributed by atoms with Crippen LogP contribution in [0.5, 0.6) is 0 Å². The van der Waals surface area contributed by atoms with Crippen LogP contribution in [-0.2, 0) is 11.2 Å². The lowest BCUT2D eigenvalue weighted by Gasteiger charge is -2.26. The Labute approximate surface area is 107 Å². The number of nitrogens with one attached hydrogen (secondary N) is 1. The minimum atomic E-state index is -0.162. The minimum absolute atomic E-state index is 0.0642. The first-order valence-electron chi connectivity index (χ1n) is 6.57. The SMILES string of the molecule is CCC1OCCC1C(Cc1ccccc1F)NN. The van der Waals surface area contributed by atoms with E-state index in [4.69, 9.17) is 10.6 Å². The first-order valence-corrected chi connectivity index (χ1v) is 6.57. The van der Waals surface area contributed by atoms with E-state index in [1.807, 2.05) is 12.1 Å². The molecule has 1 aromatic rings. The molecule has 3 atom stereocenters. The lowest BCUT2D eigenvalue weighted by molar-refractivity contribution is 0.0774. The van der Waals surface area contributed by atoms with Gasteiger partial charge < -0.3 is 4.74 Å². The maximum absolute atomic E-state index is 13.7. The number of hydrazine groups is 1. The zero-order valence-corrected chi connectivity index (χ0v) is 10.7. The van der Waals surface area contributed by atoms with E-state index < -0.39 is 0 Å². The second-order valence-electron chi connectivity index (χ2n) is 4.84. The van der Waals surface area contributed by atoms with E-state index >= 15 is 0 Å². The van der Waals surface area contributed by atoms with Gasteiger partial charge in [-0.2, -0.15) is 0 Å². The van der Waals surface area contributed by atoms with Gasteiger partial charge in [-0.05, 0) is 30.9 Å². The highest BCUT2D eigenvalue weighted by Crippen LogP contribution is 2.28. The van der Waals surface area contributed by atoms with E-state index in [2.05, 4.69) is 12.3 Å². The first-order chi connectivity index (χ1) is 8.76. The molecule has 0 bridgehead atoms. The molecule has 1 aliphatic heterocycles. The Morgan fingerprint density at radius 3 is 2.94 bits per heavy atom. The van der Waals surface area contributed by atoms with Gasteiger partial charge in [0.2, 0.25) is 0 Å². The highest BCUT2D eigenvalue weighted by molar-refractivity contribution is 5.18. The molecule has 1 saturated heterocycles. The first kappa shape index (κ1) is 13.5. The Balaban J connectivity index is 2.07. The molecule has 1 aliphatic rings. The van der Waals surface area contributed by atoms with E-state index in [1.54, 1.807) is 6.07 Å². The topological polar surface area (TPSA) is 47.3 Å². The van der Waals surface area contributed by atoms with Crippen molar-refractivity contribution < 1.29 is 9.13 Å². The van der Waals surface area contributed by atoms with Crippen LogP contribution in [0, 0.1) is 11.7 Å². The Hall–Kier alpha value is -0.970. The van der Waals surface area contributed by atoms with Crippen LogP contribution in [-0.4, -0.2) is 18.8 Å². The number of halogens is 1. The van der Waals surface area contributed by atoms with Gasteiger partial charge in [0.25, 0.3) is 0 Å². The van der Waals surface area contributed by atoms with Crippen molar-refractivity contribution in [2.75, 3.05) is 6.61 Å². The third kappa shape index (κ3) is 2.88. The lowest BCUT2D eigenvalue weighted by atomic mass is 9.87. The summed E-state index contributed by atoms with van der Waals surface area (Å²) in [5.41, 5.74) is 3.55. The number of nitrogens with two attached hydrogens (primary N) is 1. The zero-order chi connectivity index (χ0) is 13.0. The maximum atomic E-state index is 13.7. The predicted molar refractivity (Wildman–Crippen MR) is 69.4 cm³/mol. The van der Waals surface area contributed by atoms with E-state index in [1.165, 1.54) is 6.07 Å². The van der Waals surface area contributed by atoms with Crippen LogP contribution >= 0.6 is 0 Å². The van der Waals surface area contributed by atoms with Gasteiger partial charge in [0.05, 0.1) is 6.10 Å². The van der Waals surface area contributed by atoms with Crippen molar-refractivity contribution in [3.63, 3.8) is 0 Å². The summed E-state index contributed by atoms with van der Waals surface area (Å²) in [4.78, 5) is 0. The van der Waals surface area contributed by atoms with Crippen molar-refractivity contribution in [3.8, 4) is 0 Å². The van der Waals surface area contributed by atoms with Crippen molar-refractivity contribution in [2.24, 2.45) is 11.8 Å². The van der Waals surface area contributed by atoms with Gasteiger partial charge in [-0.3, -0.25) is 11.3 Å². The average molecular weight is 252 g/mol. The molecule has 2 rings (SSSR count). The van der Waals surface area contributed by atoms with Crippen LogP contribution in [0.3, 0.4) is 0 Å². The molecule has 1 fully saturated rings. The smallest absolute Gasteiger partial charge is 0.126 e. The second kappa shape index (κ2) is 6.27. The van der Waals surface area contributed by atoms with Crippen LogP contribution < -0.4 is 11.3 Å². The number of benzene rings is 1. The largest absolute Gasteiger partial charge is 0.378 e. The predicted octanol–water partition coefficient (Wildman–Crippen LogP) is 2.02. The summed E-state index contributed by atoms with van der Waals surface area (Å²) in [6, 6.07) is 6.93. The van der Waals surface area contributed by atoms with Gasteiger partial charge in [-0.1, -0.05) is 25.1 Å². The van der Waals surface area contributed by atoms with E-state index in [9.17, 15) is 4.39 Å². The standard InChI is InChI=1S/C14H21FN2O/c1-2-14-11(7-8-18-14)13(17-16)9-10-5-3-4-6-12(10)15/h3-6,11,13-14,17H,2,7-9,16H2,1H3. The van der Waals surface area contributed by atoms with Crippen molar-refractivity contribution in [1.82, 2.24) is 5.43 Å². The molecular weight excluding hydrogens is 231 g/mol. The number of ether oxygens (including phenoxy) is 1. The molecule has 100 valence electrons. The van der Waals surface area contributed by atoms with Crippen LogP contribution in [0.15, 0.2) is 24.3 Å². The highest BCUT2D eigenvalue weighted by atomic mass is 19.1. The fourth-order valence-electron chi connectivity index (χ4n) is 2.78. The molecule has 3 nitrogen and oxygen atoms in total. The summed E-state index contributed by atoms with van der Waals surface area (Å²) in [5, 5.41) is 0. The normalized spacial score (nSPS) is 25.3. The summed E-state index contributed by atoms with van der Waals surface area (Å²) in [6.45, 7) is 2.89. The minimum Gasteiger partial charge on any atom is -0.378 e. The molecule has 3 unspecified atom stereocenters. The molecule has 0 radical (unpaired) electrons. The van der Waals surface area contributed by atoms with Gasteiger partial charge in [0, 0.05) is 18.6 Å². The Kier molecular flexibility index (Phi) is 4.69. The van der Waals surface area contributed by atoms with Gasteiger partial charge in [-0.25, -0.2) is 4.39 Å². The molecule has 0 aliphatic carbocycles. The molecule has 4 heteroatoms. The number of rotatable bonds is 5. The van der Waals surface area contributed by atoms with Gasteiger partial charge in [-0.15, -0.1) is 0 Å². The fraction of sp³-hybridized carbons (Fsp3) is 0.571. The zero-order valence-electron chi connectivity index (χ0n) is 10.7. The molecule has 0 spiro atoms. The molecule has 3 N–H and O–H groups in total. The van der Waals surface area contributed by atoms with Crippen LogP contribution in [0.4, 0.5) is 4.39 Å². The summed E-state index contributed by atoms with van der Waals surface area (Å²) >= 11 is 0. The fourth-order valence-corrected chi connectivity index (χ4v) is 2.78. The molecular formula is C14H21FN2O. The quantitative estimate of drug-likeness (QED) is 0.622. The van der Waals surface area contributed by atoms with Gasteiger partial charge in [0.1, 0.15) is 5.82 Å². The van der Waals surface area contributed by atoms with Gasteiger partial charge >= 0.3 is 0 Å². The summed E-state index contributed by atoms with van der Waals surface area (Å²) in [5.74, 6) is 5.84. The van der Waals surface area contributed by atoms with Crippen LogP contribution in [0.25, 0.3) is 0 Å². The van der Waals surface area contributed by atoms with Crippen molar-refractivity contribution >= 4 is 0 Å². The van der Waals surface area contributed by atoms with E-state index in [-0.39, 0.29) is 18.0 Å². The number of hydrogen-bond donors (Lipinski definition) is 2. The van der Waals surface area contributed by atoms with Crippen molar-refractivity contribution in [1.29, 1.82) is 0 Å². The van der Waals surface area contributed by atoms with Crippen LogP contribution in [0.1, 0.15) is 25.3 Å². The monoisotopic (exact) mass is 252 g/mol. The number of hydrogen-bond acceptors (Lipinski definition) is 3. The molecule has 1 heterocycles.